The third-order valence-electron chi connectivity index (χ3n) is 1.87. The molecule has 0 aliphatic carbocycles. The Morgan fingerprint density at radius 2 is 2.42 bits per heavy atom. The maximum Gasteiger partial charge on any atom is 0.247 e. The van der Waals surface area contributed by atoms with Crippen LogP contribution in [0.4, 0.5) is 0 Å². The van der Waals surface area contributed by atoms with E-state index < -0.39 is 11.6 Å². The first kappa shape index (κ1) is 7.09. The van der Waals surface area contributed by atoms with Crippen molar-refractivity contribution in [2.75, 3.05) is 13.1 Å². The normalized spacial score (nSPS) is 21.7. The summed E-state index contributed by atoms with van der Waals surface area (Å²) < 4.78 is 0. The number of hydrogen-bond acceptors (Lipinski definition) is 3. The van der Waals surface area contributed by atoms with E-state index in [9.17, 15) is 4.79 Å². The number of hydrogen-bond donors (Lipinski definition) is 1. The summed E-state index contributed by atoms with van der Waals surface area (Å²) in [5, 5.41) is 2.90. The van der Waals surface area contributed by atoms with Gasteiger partial charge in [-0.2, -0.15) is 0 Å². The zero-order valence-corrected chi connectivity index (χ0v) is 6.37. The largest absolute Gasteiger partial charge is 0.378 e. The van der Waals surface area contributed by atoms with Crippen LogP contribution in [0.2, 0.25) is 0 Å². The standard InChI is InChI=1S/C8H7N3O/c9-8-7(12)6-5(4-11-8)2-1-3-10-6/h1-2,10H,3-4H2. The highest BCUT2D eigenvalue weighted by molar-refractivity contribution is 6.44. The smallest absolute Gasteiger partial charge is 0.247 e. The van der Waals surface area contributed by atoms with Crippen LogP contribution in [0.5, 0.6) is 0 Å². The Labute approximate surface area is 69.8 Å². The maximum atomic E-state index is 11.2. The first-order chi connectivity index (χ1) is 5.79. The van der Waals surface area contributed by atoms with Gasteiger partial charge < -0.3 is 5.32 Å². The van der Waals surface area contributed by atoms with Crippen LogP contribution in [-0.2, 0) is 4.79 Å². The van der Waals surface area contributed by atoms with Crippen molar-refractivity contribution in [3.05, 3.63) is 23.4 Å². The Morgan fingerprint density at radius 3 is 3.25 bits per heavy atom. The summed E-state index contributed by atoms with van der Waals surface area (Å²) in [5.74, 6) is -0.794. The molecule has 12 heavy (non-hydrogen) atoms. The van der Waals surface area contributed by atoms with Gasteiger partial charge in [0.2, 0.25) is 11.6 Å². The summed E-state index contributed by atoms with van der Waals surface area (Å²) in [4.78, 5) is 14.9. The van der Waals surface area contributed by atoms with Crippen molar-refractivity contribution in [2.24, 2.45) is 4.99 Å². The molecular weight excluding hydrogens is 154 g/mol. The lowest BCUT2D eigenvalue weighted by atomic mass is 10.0. The molecule has 2 aliphatic heterocycles. The van der Waals surface area contributed by atoms with Gasteiger partial charge in [0.05, 0.1) is 12.2 Å². The average Bonchev–Trinajstić information content (AvgIpc) is 2.12. The number of dihydropyridines is 2. The molecule has 0 atom stereocenters. The number of aliphatic imine (C=N–C) groups is 1. The van der Waals surface area contributed by atoms with Crippen LogP contribution in [0.15, 0.2) is 28.4 Å². The van der Waals surface area contributed by atoms with Crippen LogP contribution in [0.3, 0.4) is 0 Å². The molecule has 0 amide bonds. The Morgan fingerprint density at radius 1 is 1.58 bits per heavy atom. The van der Waals surface area contributed by atoms with Crippen molar-refractivity contribution < 1.29 is 4.79 Å². The van der Waals surface area contributed by atoms with E-state index in [0.29, 0.717) is 18.8 Å². The quantitative estimate of drug-likeness (QED) is 0.518. The SMILES string of the molecule is [N]C1=NCC2=C(NCC=C2)C1=O. The maximum absolute atomic E-state index is 11.2. The highest BCUT2D eigenvalue weighted by atomic mass is 16.1. The summed E-state index contributed by atoms with van der Waals surface area (Å²) in [5.41, 5.74) is 10.4. The minimum Gasteiger partial charge on any atom is -0.378 e. The number of carbonyl (C=O) groups excluding carboxylic acids is 1. The number of rotatable bonds is 0. The number of amidine groups is 1. The second kappa shape index (κ2) is 2.48. The molecule has 4 heteroatoms. The molecule has 4 nitrogen and oxygen atoms in total. The molecule has 0 unspecified atom stereocenters. The van der Waals surface area contributed by atoms with Crippen molar-refractivity contribution in [1.29, 1.82) is 0 Å². The highest BCUT2D eigenvalue weighted by Crippen LogP contribution is 2.13. The Bertz CT molecular complexity index is 325. The van der Waals surface area contributed by atoms with E-state index in [1.165, 1.54) is 0 Å². The van der Waals surface area contributed by atoms with Gasteiger partial charge in [0.15, 0.2) is 0 Å². The number of nitrogens with one attached hydrogen (secondary N) is 1. The number of carbonyl (C=O) groups is 1. The molecule has 2 heterocycles. The summed E-state index contributed by atoms with van der Waals surface area (Å²) >= 11 is 0. The van der Waals surface area contributed by atoms with E-state index in [4.69, 9.17) is 5.73 Å². The van der Waals surface area contributed by atoms with E-state index in [0.717, 1.165) is 5.57 Å². The summed E-state index contributed by atoms with van der Waals surface area (Å²) in [7, 11) is 0. The molecule has 0 aromatic rings. The molecule has 2 rings (SSSR count). The van der Waals surface area contributed by atoms with Crippen LogP contribution < -0.4 is 11.1 Å². The fraction of sp³-hybridized carbons (Fsp3) is 0.250. The predicted molar refractivity (Wildman–Crippen MR) is 43.6 cm³/mol. The molecule has 2 aliphatic rings. The van der Waals surface area contributed by atoms with Crippen molar-refractivity contribution >= 4 is 11.6 Å². The molecular formula is C8H7N3O. The number of Topliss-reactive ketones (excluding diaryl/α,β-unsaturated/α-hetero) is 1. The second-order valence-corrected chi connectivity index (χ2v) is 2.65. The molecule has 2 radical (unpaired) electrons. The molecule has 0 bridgehead atoms. The Kier molecular flexibility index (Phi) is 1.46. The van der Waals surface area contributed by atoms with Crippen molar-refractivity contribution in [3.8, 4) is 0 Å². The van der Waals surface area contributed by atoms with Crippen LogP contribution >= 0.6 is 0 Å². The lowest BCUT2D eigenvalue weighted by Gasteiger charge is -2.18. The minimum atomic E-state index is -0.402. The van der Waals surface area contributed by atoms with E-state index >= 15 is 0 Å². The van der Waals surface area contributed by atoms with Crippen LogP contribution in [0.1, 0.15) is 0 Å². The third-order valence-corrected chi connectivity index (χ3v) is 1.87. The predicted octanol–water partition coefficient (Wildman–Crippen LogP) is -0.550. The van der Waals surface area contributed by atoms with Crippen LogP contribution in [0.25, 0.3) is 0 Å². The van der Waals surface area contributed by atoms with Gasteiger partial charge in [-0.25, -0.2) is 0 Å². The van der Waals surface area contributed by atoms with E-state index in [1.54, 1.807) is 0 Å². The Hall–Kier alpha value is -1.58. The van der Waals surface area contributed by atoms with Gasteiger partial charge in [0, 0.05) is 12.1 Å². The molecule has 0 saturated heterocycles. The fourth-order valence-electron chi connectivity index (χ4n) is 1.26. The summed E-state index contributed by atoms with van der Waals surface area (Å²) in [6, 6.07) is 0. The fourth-order valence-corrected chi connectivity index (χ4v) is 1.26. The molecule has 0 saturated carbocycles. The second-order valence-electron chi connectivity index (χ2n) is 2.65. The molecule has 0 spiro atoms. The number of ketones is 1. The van der Waals surface area contributed by atoms with Crippen molar-refractivity contribution in [2.45, 2.75) is 0 Å². The topological polar surface area (TPSA) is 63.8 Å². The van der Waals surface area contributed by atoms with Gasteiger partial charge in [-0.3, -0.25) is 9.79 Å². The molecule has 0 aromatic carbocycles. The first-order valence-electron chi connectivity index (χ1n) is 3.70. The Balaban J connectivity index is 2.39. The first-order valence-corrected chi connectivity index (χ1v) is 3.70. The molecule has 0 fully saturated rings. The van der Waals surface area contributed by atoms with E-state index in [-0.39, 0.29) is 0 Å². The van der Waals surface area contributed by atoms with Crippen LogP contribution in [0, 0.1) is 0 Å². The monoisotopic (exact) mass is 161 g/mol. The lowest BCUT2D eigenvalue weighted by molar-refractivity contribution is -0.110. The zero-order chi connectivity index (χ0) is 8.55. The highest BCUT2D eigenvalue weighted by Gasteiger charge is 2.23. The van der Waals surface area contributed by atoms with Crippen molar-refractivity contribution in [1.82, 2.24) is 11.1 Å². The summed E-state index contributed by atoms with van der Waals surface area (Å²) in [6.07, 6.45) is 3.78. The van der Waals surface area contributed by atoms with Crippen LogP contribution in [-0.4, -0.2) is 24.7 Å². The summed E-state index contributed by atoms with van der Waals surface area (Å²) in [6.45, 7) is 1.02. The molecule has 0 aromatic heterocycles. The van der Waals surface area contributed by atoms with Gasteiger partial charge in [0.25, 0.3) is 0 Å². The van der Waals surface area contributed by atoms with Gasteiger partial charge in [-0.1, -0.05) is 12.2 Å². The van der Waals surface area contributed by atoms with Gasteiger partial charge in [-0.05, 0) is 0 Å². The molecule has 60 valence electrons. The number of nitrogens with zero attached hydrogens (tertiary/aromatic N) is 2. The van der Waals surface area contributed by atoms with Gasteiger partial charge in [-0.15, -0.1) is 5.73 Å². The van der Waals surface area contributed by atoms with Crippen molar-refractivity contribution in [3.63, 3.8) is 0 Å². The lowest BCUT2D eigenvalue weighted by Crippen LogP contribution is -2.33. The zero-order valence-electron chi connectivity index (χ0n) is 6.37. The third kappa shape index (κ3) is 0.922. The average molecular weight is 161 g/mol. The van der Waals surface area contributed by atoms with Gasteiger partial charge >= 0.3 is 0 Å². The minimum absolute atomic E-state index is 0.385. The molecule has 1 N–H and O–H groups in total. The van der Waals surface area contributed by atoms with E-state index in [1.807, 2.05) is 12.2 Å². The van der Waals surface area contributed by atoms with Gasteiger partial charge in [0.1, 0.15) is 0 Å². The van der Waals surface area contributed by atoms with E-state index in [2.05, 4.69) is 10.3 Å².